The summed E-state index contributed by atoms with van der Waals surface area (Å²) in [4.78, 5) is 45.5. The third-order valence-electron chi connectivity index (χ3n) is 4.92. The summed E-state index contributed by atoms with van der Waals surface area (Å²) < 4.78 is 5.44. The molecule has 154 valence electrons. The van der Waals surface area contributed by atoms with Gasteiger partial charge in [-0.1, -0.05) is 0 Å². The molecule has 0 aromatic carbocycles. The maximum absolute atomic E-state index is 13.1. The van der Waals surface area contributed by atoms with Gasteiger partial charge in [0.25, 0.3) is 0 Å². The van der Waals surface area contributed by atoms with Gasteiger partial charge in [0, 0.05) is 31.2 Å². The van der Waals surface area contributed by atoms with Crippen LogP contribution in [0.3, 0.4) is 0 Å². The minimum atomic E-state index is -0.567. The van der Waals surface area contributed by atoms with E-state index in [9.17, 15) is 14.4 Å². The molecule has 2 atom stereocenters. The maximum atomic E-state index is 13.1. The lowest BCUT2D eigenvalue weighted by Crippen LogP contribution is -2.51. The number of anilines is 1. The molecule has 1 aromatic rings. The van der Waals surface area contributed by atoms with Crippen LogP contribution in [-0.2, 0) is 14.3 Å². The van der Waals surface area contributed by atoms with Crippen molar-refractivity contribution in [3.05, 3.63) is 11.6 Å². The molecule has 9 heteroatoms. The van der Waals surface area contributed by atoms with Crippen LogP contribution >= 0.6 is 11.3 Å². The summed E-state index contributed by atoms with van der Waals surface area (Å²) in [6.45, 7) is 6.98. The molecular weight excluding hydrogens is 380 g/mol. The van der Waals surface area contributed by atoms with Gasteiger partial charge in [0.05, 0.1) is 5.92 Å². The zero-order valence-electron chi connectivity index (χ0n) is 16.6. The summed E-state index contributed by atoms with van der Waals surface area (Å²) in [5.74, 6) is -0.541. The van der Waals surface area contributed by atoms with E-state index in [4.69, 9.17) is 4.74 Å². The highest BCUT2D eigenvalue weighted by Gasteiger charge is 2.39. The molecule has 0 unspecified atom stereocenters. The topological polar surface area (TPSA) is 91.8 Å². The molecule has 3 heterocycles. The minimum Gasteiger partial charge on any atom is -0.444 e. The number of nitrogens with zero attached hydrogens (tertiary/aromatic N) is 3. The summed E-state index contributed by atoms with van der Waals surface area (Å²) in [5, 5.41) is 5.13. The Hall–Kier alpha value is -2.16. The van der Waals surface area contributed by atoms with Crippen molar-refractivity contribution >= 4 is 34.4 Å². The minimum absolute atomic E-state index is 0.0509. The van der Waals surface area contributed by atoms with Crippen molar-refractivity contribution in [3.8, 4) is 0 Å². The summed E-state index contributed by atoms with van der Waals surface area (Å²) in [6.07, 6.45) is 4.15. The Bertz CT molecular complexity index is 716. The number of rotatable bonds is 3. The molecule has 0 radical (unpaired) electrons. The Morgan fingerprint density at radius 2 is 1.96 bits per heavy atom. The van der Waals surface area contributed by atoms with Crippen LogP contribution in [0.2, 0.25) is 0 Å². The van der Waals surface area contributed by atoms with E-state index < -0.39 is 11.6 Å². The molecular formula is C19H28N4O4S. The Kier molecular flexibility index (Phi) is 6.22. The van der Waals surface area contributed by atoms with Crippen molar-refractivity contribution in [3.63, 3.8) is 0 Å². The van der Waals surface area contributed by atoms with E-state index >= 15 is 0 Å². The van der Waals surface area contributed by atoms with Gasteiger partial charge in [0.1, 0.15) is 11.6 Å². The predicted molar refractivity (Wildman–Crippen MR) is 106 cm³/mol. The van der Waals surface area contributed by atoms with E-state index in [1.165, 1.54) is 11.3 Å². The van der Waals surface area contributed by atoms with Crippen molar-refractivity contribution in [2.75, 3.05) is 25.0 Å². The van der Waals surface area contributed by atoms with Gasteiger partial charge in [-0.3, -0.25) is 9.59 Å². The highest BCUT2D eigenvalue weighted by molar-refractivity contribution is 7.13. The number of carbonyl (C=O) groups is 3. The second kappa shape index (κ2) is 8.46. The largest absolute Gasteiger partial charge is 0.444 e. The van der Waals surface area contributed by atoms with Gasteiger partial charge in [-0.15, -0.1) is 11.3 Å². The number of nitrogens with one attached hydrogen (secondary N) is 1. The monoisotopic (exact) mass is 408 g/mol. The number of carbonyl (C=O) groups excluding carboxylic acids is 3. The quantitative estimate of drug-likeness (QED) is 0.830. The maximum Gasteiger partial charge on any atom is 0.410 e. The molecule has 0 bridgehead atoms. The van der Waals surface area contributed by atoms with Crippen LogP contribution in [0.15, 0.2) is 11.6 Å². The fourth-order valence-electron chi connectivity index (χ4n) is 3.68. The first-order valence-electron chi connectivity index (χ1n) is 9.73. The molecule has 1 aromatic heterocycles. The highest BCUT2D eigenvalue weighted by Crippen LogP contribution is 2.26. The van der Waals surface area contributed by atoms with Crippen molar-refractivity contribution in [1.29, 1.82) is 0 Å². The SMILES string of the molecule is CC(C)(C)OC(=O)N1CCC[C@H](C(=O)N2CCC[C@H]2C(=O)Nc2nccs2)C1. The number of hydrogen-bond donors (Lipinski definition) is 1. The van der Waals surface area contributed by atoms with Gasteiger partial charge in [-0.05, 0) is 46.5 Å². The molecule has 2 fully saturated rings. The Balaban J connectivity index is 1.61. The van der Waals surface area contributed by atoms with Crippen LogP contribution in [0.25, 0.3) is 0 Å². The number of amides is 3. The number of aromatic nitrogens is 1. The first-order valence-corrected chi connectivity index (χ1v) is 10.6. The van der Waals surface area contributed by atoms with Crippen LogP contribution in [0.1, 0.15) is 46.5 Å². The van der Waals surface area contributed by atoms with E-state index in [1.807, 2.05) is 20.8 Å². The van der Waals surface area contributed by atoms with Crippen molar-refractivity contribution in [2.45, 2.75) is 58.1 Å². The fourth-order valence-corrected chi connectivity index (χ4v) is 4.21. The Labute approximate surface area is 169 Å². The summed E-state index contributed by atoms with van der Waals surface area (Å²) >= 11 is 1.35. The molecule has 2 aliphatic rings. The number of likely N-dealkylation sites (tertiary alicyclic amines) is 2. The van der Waals surface area contributed by atoms with Gasteiger partial charge in [0.2, 0.25) is 11.8 Å². The van der Waals surface area contributed by atoms with Crippen molar-refractivity contribution < 1.29 is 19.1 Å². The molecule has 1 N–H and O–H groups in total. The molecule has 0 aliphatic carbocycles. The van der Waals surface area contributed by atoms with E-state index in [2.05, 4.69) is 10.3 Å². The number of thiazole rings is 1. The fraction of sp³-hybridized carbons (Fsp3) is 0.684. The van der Waals surface area contributed by atoms with Crippen LogP contribution in [0, 0.1) is 5.92 Å². The molecule has 3 amide bonds. The van der Waals surface area contributed by atoms with Gasteiger partial charge in [-0.25, -0.2) is 9.78 Å². The van der Waals surface area contributed by atoms with Crippen LogP contribution in [0.5, 0.6) is 0 Å². The average molecular weight is 409 g/mol. The standard InChI is InChI=1S/C19H28N4O4S/c1-19(2,3)27-18(26)22-9-4-6-13(12-22)16(25)23-10-5-7-14(23)15(24)21-17-20-8-11-28-17/h8,11,13-14H,4-7,9-10,12H2,1-3H3,(H,20,21,24)/t13-,14-/m0/s1. The third kappa shape index (κ3) is 5.01. The van der Waals surface area contributed by atoms with E-state index in [0.717, 1.165) is 19.3 Å². The lowest BCUT2D eigenvalue weighted by atomic mass is 9.96. The zero-order valence-corrected chi connectivity index (χ0v) is 17.5. The van der Waals surface area contributed by atoms with Gasteiger partial charge >= 0.3 is 6.09 Å². The summed E-state index contributed by atoms with van der Waals surface area (Å²) in [6, 6.07) is -0.478. The molecule has 28 heavy (non-hydrogen) atoms. The molecule has 8 nitrogen and oxygen atoms in total. The second-order valence-electron chi connectivity index (χ2n) is 8.28. The van der Waals surface area contributed by atoms with Gasteiger partial charge in [0.15, 0.2) is 5.13 Å². The number of piperidine rings is 1. The van der Waals surface area contributed by atoms with Gasteiger partial charge in [-0.2, -0.15) is 0 Å². The first-order chi connectivity index (χ1) is 13.2. The highest BCUT2D eigenvalue weighted by atomic mass is 32.1. The smallest absolute Gasteiger partial charge is 0.410 e. The van der Waals surface area contributed by atoms with Crippen molar-refractivity contribution in [1.82, 2.24) is 14.8 Å². The molecule has 0 spiro atoms. The third-order valence-corrected chi connectivity index (χ3v) is 5.61. The lowest BCUT2D eigenvalue weighted by Gasteiger charge is -2.36. The Morgan fingerprint density at radius 1 is 1.21 bits per heavy atom. The predicted octanol–water partition coefficient (Wildman–Crippen LogP) is 2.72. The average Bonchev–Trinajstić information content (AvgIpc) is 3.31. The molecule has 0 saturated carbocycles. The van der Waals surface area contributed by atoms with Crippen LogP contribution in [0.4, 0.5) is 9.93 Å². The first kappa shape index (κ1) is 20.6. The lowest BCUT2D eigenvalue weighted by molar-refractivity contribution is -0.141. The van der Waals surface area contributed by atoms with Crippen LogP contribution < -0.4 is 5.32 Å². The number of ether oxygens (including phenoxy) is 1. The summed E-state index contributed by atoms with van der Waals surface area (Å²) in [5.41, 5.74) is -0.567. The van der Waals surface area contributed by atoms with E-state index in [-0.39, 0.29) is 23.8 Å². The van der Waals surface area contributed by atoms with Crippen LogP contribution in [-0.4, -0.2) is 64.0 Å². The van der Waals surface area contributed by atoms with E-state index in [1.54, 1.807) is 21.4 Å². The van der Waals surface area contributed by atoms with Gasteiger partial charge < -0.3 is 19.9 Å². The van der Waals surface area contributed by atoms with E-state index in [0.29, 0.717) is 31.2 Å². The number of hydrogen-bond acceptors (Lipinski definition) is 6. The van der Waals surface area contributed by atoms with Crippen molar-refractivity contribution in [2.24, 2.45) is 5.92 Å². The molecule has 3 rings (SSSR count). The zero-order chi connectivity index (χ0) is 20.3. The summed E-state index contributed by atoms with van der Waals surface area (Å²) in [7, 11) is 0. The Morgan fingerprint density at radius 3 is 2.64 bits per heavy atom. The molecule has 2 aliphatic heterocycles. The normalized spacial score (nSPS) is 22.8. The second-order valence-corrected chi connectivity index (χ2v) is 9.18. The molecule has 2 saturated heterocycles.